The molecule has 1 aliphatic heterocycles. The van der Waals surface area contributed by atoms with Crippen molar-refractivity contribution in [3.8, 4) is 5.75 Å². The fraction of sp³-hybridized carbons (Fsp3) is 0.278. The standard InChI is InChI=1S/C18H20N2O2.ClH/c21-18(9-6-14-4-2-1-3-5-14)20-16-7-8-17-15(12-16)13-19-10-11-22-17;/h1-5,7-8,12,19H,6,9-11,13H2,(H,20,21);1H. The molecule has 0 atom stereocenters. The summed E-state index contributed by atoms with van der Waals surface area (Å²) in [6.07, 6.45) is 1.23. The first-order chi connectivity index (χ1) is 10.8. The summed E-state index contributed by atoms with van der Waals surface area (Å²) in [4.78, 5) is 12.1. The third-order valence-electron chi connectivity index (χ3n) is 3.68. The second kappa shape index (κ2) is 8.56. The molecule has 2 aromatic rings. The number of carbonyl (C=O) groups excluding carboxylic acids is 1. The minimum atomic E-state index is 0. The van der Waals surface area contributed by atoms with Crippen LogP contribution in [0.1, 0.15) is 17.5 Å². The number of hydrogen-bond acceptors (Lipinski definition) is 3. The number of benzene rings is 2. The molecule has 1 aliphatic rings. The molecule has 0 saturated carbocycles. The normalized spacial score (nSPS) is 13.0. The summed E-state index contributed by atoms with van der Waals surface area (Å²) in [6.45, 7) is 2.28. The van der Waals surface area contributed by atoms with E-state index >= 15 is 0 Å². The van der Waals surface area contributed by atoms with E-state index in [-0.39, 0.29) is 18.3 Å². The number of nitrogens with one attached hydrogen (secondary N) is 2. The third-order valence-corrected chi connectivity index (χ3v) is 3.68. The third kappa shape index (κ3) is 4.98. The first-order valence-corrected chi connectivity index (χ1v) is 7.61. The van der Waals surface area contributed by atoms with E-state index in [0.717, 1.165) is 36.5 Å². The van der Waals surface area contributed by atoms with Gasteiger partial charge in [-0.05, 0) is 30.2 Å². The first kappa shape index (κ1) is 17.3. The highest BCUT2D eigenvalue weighted by atomic mass is 35.5. The van der Waals surface area contributed by atoms with Crippen LogP contribution in [0.5, 0.6) is 5.75 Å². The van der Waals surface area contributed by atoms with E-state index in [1.54, 1.807) is 0 Å². The lowest BCUT2D eigenvalue weighted by molar-refractivity contribution is -0.116. The largest absolute Gasteiger partial charge is 0.492 e. The fourth-order valence-corrected chi connectivity index (χ4v) is 2.52. The summed E-state index contributed by atoms with van der Waals surface area (Å²) >= 11 is 0. The van der Waals surface area contributed by atoms with Crippen LogP contribution >= 0.6 is 12.4 Å². The molecule has 0 aliphatic carbocycles. The molecule has 0 fully saturated rings. The van der Waals surface area contributed by atoms with Crippen LogP contribution in [0.2, 0.25) is 0 Å². The average Bonchev–Trinajstić information content (AvgIpc) is 2.79. The van der Waals surface area contributed by atoms with Gasteiger partial charge < -0.3 is 15.4 Å². The zero-order chi connectivity index (χ0) is 15.2. The zero-order valence-electron chi connectivity index (χ0n) is 12.9. The van der Waals surface area contributed by atoms with Crippen molar-refractivity contribution in [3.63, 3.8) is 0 Å². The second-order valence-electron chi connectivity index (χ2n) is 5.38. The van der Waals surface area contributed by atoms with Crippen LogP contribution in [0.15, 0.2) is 48.5 Å². The number of ether oxygens (including phenoxy) is 1. The maximum absolute atomic E-state index is 12.1. The van der Waals surface area contributed by atoms with Gasteiger partial charge in [0.2, 0.25) is 5.91 Å². The van der Waals surface area contributed by atoms with Gasteiger partial charge in [-0.2, -0.15) is 0 Å². The Bertz CT molecular complexity index is 647. The molecule has 0 aromatic heterocycles. The number of hydrogen-bond donors (Lipinski definition) is 2. The molecule has 1 amide bonds. The van der Waals surface area contributed by atoms with Gasteiger partial charge in [0.05, 0.1) is 0 Å². The highest BCUT2D eigenvalue weighted by molar-refractivity contribution is 5.91. The van der Waals surface area contributed by atoms with Crippen LogP contribution in [-0.2, 0) is 17.8 Å². The summed E-state index contributed by atoms with van der Waals surface area (Å²) in [6, 6.07) is 15.8. The predicted molar refractivity (Wildman–Crippen MR) is 94.3 cm³/mol. The molecule has 2 N–H and O–H groups in total. The molecule has 0 spiro atoms. The van der Waals surface area contributed by atoms with Crippen molar-refractivity contribution in [2.45, 2.75) is 19.4 Å². The summed E-state index contributed by atoms with van der Waals surface area (Å²) in [7, 11) is 0. The second-order valence-corrected chi connectivity index (χ2v) is 5.38. The predicted octanol–water partition coefficient (Wildman–Crippen LogP) is 3.16. The molecule has 5 heteroatoms. The lowest BCUT2D eigenvalue weighted by Gasteiger charge is -2.10. The number of anilines is 1. The molecule has 1 heterocycles. The van der Waals surface area contributed by atoms with E-state index in [9.17, 15) is 4.79 Å². The Kier molecular flexibility index (Phi) is 6.44. The highest BCUT2D eigenvalue weighted by Gasteiger charge is 2.10. The van der Waals surface area contributed by atoms with Crippen LogP contribution in [0.3, 0.4) is 0 Å². The van der Waals surface area contributed by atoms with Crippen molar-refractivity contribution in [2.75, 3.05) is 18.5 Å². The van der Waals surface area contributed by atoms with E-state index < -0.39 is 0 Å². The van der Waals surface area contributed by atoms with Crippen LogP contribution < -0.4 is 15.4 Å². The molecular weight excluding hydrogens is 312 g/mol. The maximum Gasteiger partial charge on any atom is 0.224 e. The molecule has 0 radical (unpaired) electrons. The van der Waals surface area contributed by atoms with E-state index in [4.69, 9.17) is 4.74 Å². The Morgan fingerprint density at radius 3 is 2.83 bits per heavy atom. The smallest absolute Gasteiger partial charge is 0.224 e. The monoisotopic (exact) mass is 332 g/mol. The van der Waals surface area contributed by atoms with Crippen molar-refractivity contribution in [3.05, 3.63) is 59.7 Å². The molecule has 4 nitrogen and oxygen atoms in total. The van der Waals surface area contributed by atoms with Crippen molar-refractivity contribution in [1.29, 1.82) is 0 Å². The average molecular weight is 333 g/mol. The van der Waals surface area contributed by atoms with Crippen molar-refractivity contribution < 1.29 is 9.53 Å². The number of rotatable bonds is 4. The number of halogens is 1. The topological polar surface area (TPSA) is 50.4 Å². The lowest BCUT2D eigenvalue weighted by atomic mass is 10.1. The van der Waals surface area contributed by atoms with Gasteiger partial charge in [-0.1, -0.05) is 30.3 Å². The van der Waals surface area contributed by atoms with Gasteiger partial charge in [0, 0.05) is 30.8 Å². The quantitative estimate of drug-likeness (QED) is 0.904. The van der Waals surface area contributed by atoms with Gasteiger partial charge >= 0.3 is 0 Å². The van der Waals surface area contributed by atoms with Gasteiger partial charge in [-0.25, -0.2) is 0 Å². The number of amides is 1. The number of carbonyl (C=O) groups is 1. The van der Waals surface area contributed by atoms with Crippen LogP contribution in [0, 0.1) is 0 Å². The molecule has 3 rings (SSSR count). The van der Waals surface area contributed by atoms with E-state index in [1.807, 2.05) is 48.5 Å². The Morgan fingerprint density at radius 1 is 1.17 bits per heavy atom. The van der Waals surface area contributed by atoms with Gasteiger partial charge in [0.15, 0.2) is 0 Å². The minimum Gasteiger partial charge on any atom is -0.492 e. The summed E-state index contributed by atoms with van der Waals surface area (Å²) in [5.74, 6) is 0.929. The Balaban J connectivity index is 0.00000192. The first-order valence-electron chi connectivity index (χ1n) is 7.61. The van der Waals surface area contributed by atoms with Crippen LogP contribution in [0.25, 0.3) is 0 Å². The number of aryl methyl sites for hydroxylation is 1. The maximum atomic E-state index is 12.1. The van der Waals surface area contributed by atoms with Crippen LogP contribution in [-0.4, -0.2) is 19.1 Å². The van der Waals surface area contributed by atoms with Crippen molar-refractivity contribution in [2.24, 2.45) is 0 Å². The van der Waals surface area contributed by atoms with Crippen molar-refractivity contribution in [1.82, 2.24) is 5.32 Å². The molecule has 0 saturated heterocycles. The number of fused-ring (bicyclic) bond motifs is 1. The molecule has 122 valence electrons. The Morgan fingerprint density at radius 2 is 2.00 bits per heavy atom. The summed E-state index contributed by atoms with van der Waals surface area (Å²) in [5, 5.41) is 6.25. The molecule has 0 unspecified atom stereocenters. The van der Waals surface area contributed by atoms with E-state index in [2.05, 4.69) is 10.6 Å². The Hall–Kier alpha value is -2.04. The highest BCUT2D eigenvalue weighted by Crippen LogP contribution is 2.24. The van der Waals surface area contributed by atoms with Crippen LogP contribution in [0.4, 0.5) is 5.69 Å². The summed E-state index contributed by atoms with van der Waals surface area (Å²) in [5.41, 5.74) is 3.08. The van der Waals surface area contributed by atoms with E-state index in [1.165, 1.54) is 5.56 Å². The minimum absolute atomic E-state index is 0. The van der Waals surface area contributed by atoms with Gasteiger partial charge in [0.25, 0.3) is 0 Å². The molecule has 0 bridgehead atoms. The zero-order valence-corrected chi connectivity index (χ0v) is 13.7. The summed E-state index contributed by atoms with van der Waals surface area (Å²) < 4.78 is 5.64. The molecular formula is C18H21ClN2O2. The SMILES string of the molecule is Cl.O=C(CCc1ccccc1)Nc1ccc2c(c1)CNCCO2. The lowest BCUT2D eigenvalue weighted by Crippen LogP contribution is -2.16. The van der Waals surface area contributed by atoms with Gasteiger partial charge in [-0.3, -0.25) is 4.79 Å². The molecule has 2 aromatic carbocycles. The molecule has 23 heavy (non-hydrogen) atoms. The fourth-order valence-electron chi connectivity index (χ4n) is 2.52. The Labute approximate surface area is 142 Å². The van der Waals surface area contributed by atoms with Gasteiger partial charge in [0.1, 0.15) is 12.4 Å². The van der Waals surface area contributed by atoms with Gasteiger partial charge in [-0.15, -0.1) is 12.4 Å². The van der Waals surface area contributed by atoms with E-state index in [0.29, 0.717) is 13.0 Å². The van der Waals surface area contributed by atoms with Crippen molar-refractivity contribution >= 4 is 24.0 Å².